The quantitative estimate of drug-likeness (QED) is 0.856. The monoisotopic (exact) mass is 351 g/mol. The van der Waals surface area contributed by atoms with E-state index in [4.69, 9.17) is 23.2 Å². The maximum Gasteiger partial charge on any atom is 0.238 e. The van der Waals surface area contributed by atoms with E-state index in [2.05, 4.69) is 5.32 Å². The first kappa shape index (κ1) is 18.3. The van der Waals surface area contributed by atoms with Crippen LogP contribution in [0.2, 0.25) is 10.0 Å². The Morgan fingerprint density at radius 3 is 2.43 bits per heavy atom. The minimum atomic E-state index is -3.45. The van der Waals surface area contributed by atoms with Crippen molar-refractivity contribution in [3.8, 4) is 0 Å². The smallest absolute Gasteiger partial charge is 0.238 e. The summed E-state index contributed by atoms with van der Waals surface area (Å²) in [5.74, 6) is -0.498. The zero-order valence-corrected chi connectivity index (χ0v) is 14.5. The molecule has 7 heteroatoms. The van der Waals surface area contributed by atoms with Crippen LogP contribution in [0.5, 0.6) is 0 Å². The van der Waals surface area contributed by atoms with Crippen LogP contribution in [-0.4, -0.2) is 31.4 Å². The lowest BCUT2D eigenvalue weighted by molar-refractivity contribution is -0.120. The number of hydrogen-bond acceptors (Lipinski definition) is 3. The summed E-state index contributed by atoms with van der Waals surface area (Å²) in [6, 6.07) is 5.27. The third-order valence-corrected chi connectivity index (χ3v) is 6.62. The van der Waals surface area contributed by atoms with Gasteiger partial charge in [-0.25, -0.2) is 8.42 Å². The van der Waals surface area contributed by atoms with Crippen LogP contribution in [0.25, 0.3) is 0 Å². The highest BCUT2D eigenvalue weighted by Gasteiger charge is 2.30. The highest BCUT2D eigenvalue weighted by atomic mass is 35.5. The number of nitrogens with one attached hydrogen (secondary N) is 1. The van der Waals surface area contributed by atoms with E-state index >= 15 is 0 Å². The van der Waals surface area contributed by atoms with E-state index in [1.165, 1.54) is 6.92 Å². The lowest BCUT2D eigenvalue weighted by atomic mass is 10.1. The Hall–Kier alpha value is -0.780. The molecule has 0 saturated carbocycles. The zero-order chi connectivity index (χ0) is 16.2. The van der Waals surface area contributed by atoms with Gasteiger partial charge in [0.25, 0.3) is 0 Å². The van der Waals surface area contributed by atoms with Crippen molar-refractivity contribution in [1.82, 2.24) is 5.32 Å². The van der Waals surface area contributed by atoms with Gasteiger partial charge in [-0.3, -0.25) is 4.79 Å². The average Bonchev–Trinajstić information content (AvgIpc) is 2.42. The summed E-state index contributed by atoms with van der Waals surface area (Å²) in [5, 5.41) is 1.88. The van der Waals surface area contributed by atoms with Gasteiger partial charge < -0.3 is 5.32 Å². The summed E-state index contributed by atoms with van der Waals surface area (Å²) >= 11 is 11.9. The Morgan fingerprint density at radius 1 is 1.24 bits per heavy atom. The Balaban J connectivity index is 2.60. The van der Waals surface area contributed by atoms with Crippen LogP contribution in [0.3, 0.4) is 0 Å². The van der Waals surface area contributed by atoms with Gasteiger partial charge in [-0.15, -0.1) is 0 Å². The fourth-order valence-corrected chi connectivity index (χ4v) is 3.38. The van der Waals surface area contributed by atoms with Crippen molar-refractivity contribution < 1.29 is 13.2 Å². The molecule has 1 aromatic carbocycles. The molecule has 0 aliphatic rings. The van der Waals surface area contributed by atoms with E-state index in [0.29, 0.717) is 23.0 Å². The summed E-state index contributed by atoms with van der Waals surface area (Å²) in [5.41, 5.74) is 0.809. The highest BCUT2D eigenvalue weighted by molar-refractivity contribution is 7.93. The van der Waals surface area contributed by atoms with Crippen molar-refractivity contribution in [2.24, 2.45) is 0 Å². The minimum absolute atomic E-state index is 0.302. The lowest BCUT2D eigenvalue weighted by Crippen LogP contribution is -2.41. The largest absolute Gasteiger partial charge is 0.355 e. The van der Waals surface area contributed by atoms with Crippen LogP contribution in [0.1, 0.15) is 26.3 Å². The first-order valence-electron chi connectivity index (χ1n) is 6.61. The second kappa shape index (κ2) is 7.47. The van der Waals surface area contributed by atoms with E-state index in [0.717, 1.165) is 5.56 Å². The second-order valence-electron chi connectivity index (χ2n) is 5.03. The molecule has 1 rings (SSSR count). The van der Waals surface area contributed by atoms with Gasteiger partial charge in [0.05, 0.1) is 15.3 Å². The van der Waals surface area contributed by atoms with Gasteiger partial charge in [0.1, 0.15) is 5.25 Å². The van der Waals surface area contributed by atoms with Crippen molar-refractivity contribution >= 4 is 38.9 Å². The number of carbonyl (C=O) groups is 1. The molecule has 0 aliphatic heterocycles. The number of halogens is 2. The predicted molar refractivity (Wildman–Crippen MR) is 86.7 cm³/mol. The zero-order valence-electron chi connectivity index (χ0n) is 12.2. The molecule has 0 aliphatic carbocycles. The number of rotatable bonds is 6. The van der Waals surface area contributed by atoms with Crippen LogP contribution in [0.4, 0.5) is 0 Å². The summed E-state index contributed by atoms with van der Waals surface area (Å²) in [6.45, 7) is 4.82. The normalized spacial score (nSPS) is 13.2. The summed E-state index contributed by atoms with van der Waals surface area (Å²) < 4.78 is 23.8. The maximum atomic E-state index is 11.9. The van der Waals surface area contributed by atoms with Crippen molar-refractivity contribution in [2.75, 3.05) is 6.54 Å². The first-order valence-corrected chi connectivity index (χ1v) is 8.97. The first-order chi connectivity index (χ1) is 9.67. The molecule has 1 unspecified atom stereocenters. The van der Waals surface area contributed by atoms with E-state index in [1.807, 2.05) is 6.07 Å². The van der Waals surface area contributed by atoms with Gasteiger partial charge in [-0.05, 0) is 38.8 Å². The van der Waals surface area contributed by atoms with E-state index in [9.17, 15) is 13.2 Å². The molecule has 118 valence electrons. The molecule has 1 atom stereocenters. The van der Waals surface area contributed by atoms with Crippen molar-refractivity contribution in [3.05, 3.63) is 33.8 Å². The number of amides is 1. The molecule has 0 fully saturated rings. The fraction of sp³-hybridized carbons (Fsp3) is 0.500. The topological polar surface area (TPSA) is 63.2 Å². The van der Waals surface area contributed by atoms with Gasteiger partial charge in [-0.1, -0.05) is 35.3 Å². The Labute approximate surface area is 135 Å². The summed E-state index contributed by atoms with van der Waals surface area (Å²) in [4.78, 5) is 11.9. The average molecular weight is 352 g/mol. The van der Waals surface area contributed by atoms with Crippen LogP contribution in [0.15, 0.2) is 18.2 Å². The summed E-state index contributed by atoms with van der Waals surface area (Å²) in [6.07, 6.45) is 0.486. The van der Waals surface area contributed by atoms with Gasteiger partial charge in [0, 0.05) is 6.54 Å². The van der Waals surface area contributed by atoms with E-state index < -0.39 is 26.2 Å². The number of carbonyl (C=O) groups excluding carboxylic acids is 1. The molecule has 0 radical (unpaired) electrons. The maximum absolute atomic E-state index is 11.9. The van der Waals surface area contributed by atoms with Crippen LogP contribution in [0, 0.1) is 0 Å². The van der Waals surface area contributed by atoms with Gasteiger partial charge in [0.2, 0.25) is 5.91 Å². The Bertz CT molecular complexity index is 615. The molecule has 1 aromatic rings. The number of benzene rings is 1. The van der Waals surface area contributed by atoms with Crippen molar-refractivity contribution in [3.63, 3.8) is 0 Å². The Morgan fingerprint density at radius 2 is 1.86 bits per heavy atom. The van der Waals surface area contributed by atoms with Crippen LogP contribution >= 0.6 is 23.2 Å². The van der Waals surface area contributed by atoms with Crippen LogP contribution < -0.4 is 5.32 Å². The molecular weight excluding hydrogens is 333 g/mol. The number of hydrogen-bond donors (Lipinski definition) is 1. The molecule has 1 amide bonds. The fourth-order valence-electron chi connectivity index (χ4n) is 1.76. The molecule has 21 heavy (non-hydrogen) atoms. The third-order valence-electron chi connectivity index (χ3n) is 3.24. The van der Waals surface area contributed by atoms with Crippen molar-refractivity contribution in [2.45, 2.75) is 37.7 Å². The van der Waals surface area contributed by atoms with E-state index in [-0.39, 0.29) is 0 Å². The molecule has 4 nitrogen and oxygen atoms in total. The SMILES string of the molecule is CC(C)S(=O)(=O)C(C)C(=O)NCCc1cccc(Cl)c1Cl. The lowest BCUT2D eigenvalue weighted by Gasteiger charge is -2.15. The standard InChI is InChI=1S/C14H19Cl2NO3S/c1-9(2)21(19,20)10(3)14(18)17-8-7-11-5-4-6-12(15)13(11)16/h4-6,9-10H,7-8H2,1-3H3,(H,17,18). The number of sulfone groups is 1. The van der Waals surface area contributed by atoms with Crippen LogP contribution in [-0.2, 0) is 21.1 Å². The minimum Gasteiger partial charge on any atom is -0.355 e. The van der Waals surface area contributed by atoms with Gasteiger partial charge >= 0.3 is 0 Å². The second-order valence-corrected chi connectivity index (χ2v) is 8.65. The molecule has 0 aromatic heterocycles. The Kier molecular flexibility index (Phi) is 6.50. The molecule has 1 N–H and O–H groups in total. The van der Waals surface area contributed by atoms with Gasteiger partial charge in [-0.2, -0.15) is 0 Å². The third kappa shape index (κ3) is 4.59. The summed E-state index contributed by atoms with van der Waals surface area (Å²) in [7, 11) is -3.45. The van der Waals surface area contributed by atoms with E-state index in [1.54, 1.807) is 26.0 Å². The molecular formula is C14H19Cl2NO3S. The van der Waals surface area contributed by atoms with Crippen molar-refractivity contribution in [1.29, 1.82) is 0 Å². The predicted octanol–water partition coefficient (Wildman–Crippen LogP) is 2.86. The molecule has 0 heterocycles. The molecule has 0 spiro atoms. The molecule has 0 saturated heterocycles. The highest BCUT2D eigenvalue weighted by Crippen LogP contribution is 2.25. The van der Waals surface area contributed by atoms with Gasteiger partial charge in [0.15, 0.2) is 9.84 Å². The molecule has 0 bridgehead atoms.